The Labute approximate surface area is 148 Å². The molecule has 1 saturated heterocycles. The molecule has 6 heteroatoms. The first-order chi connectivity index (χ1) is 10.9. The Kier molecular flexibility index (Phi) is 5.42. The molecule has 0 unspecified atom stereocenters. The number of nitrogens with zero attached hydrogens (tertiary/aromatic N) is 2. The summed E-state index contributed by atoms with van der Waals surface area (Å²) in [6.45, 7) is 5.97. The van der Waals surface area contributed by atoms with Crippen LogP contribution in [-0.2, 0) is 16.1 Å². The Morgan fingerprint density at radius 2 is 2.12 bits per heavy atom. The van der Waals surface area contributed by atoms with Gasteiger partial charge in [0.2, 0.25) is 0 Å². The molecule has 0 spiro atoms. The first-order valence-electron chi connectivity index (χ1n) is 7.99. The number of hydrogen-bond donors (Lipinski definition) is 0. The summed E-state index contributed by atoms with van der Waals surface area (Å²) in [5, 5.41) is 0. The van der Waals surface area contributed by atoms with Crippen LogP contribution >= 0.6 is 12.4 Å². The lowest BCUT2D eigenvalue weighted by Gasteiger charge is -2.42. The fourth-order valence-corrected chi connectivity index (χ4v) is 3.65. The normalized spacial score (nSPS) is 22.7. The fourth-order valence-electron chi connectivity index (χ4n) is 3.65. The maximum atomic E-state index is 12.1. The monoisotopic (exact) mass is 350 g/mol. The van der Waals surface area contributed by atoms with Crippen LogP contribution in [0, 0.1) is 18.3 Å². The number of ether oxygens (including phenoxy) is 1. The van der Waals surface area contributed by atoms with Gasteiger partial charge in [-0.3, -0.25) is 14.5 Å². The zero-order chi connectivity index (χ0) is 16.6. The minimum atomic E-state index is -0.872. The maximum Gasteiger partial charge on any atom is 0.321 e. The average molecular weight is 351 g/mol. The van der Waals surface area contributed by atoms with Crippen LogP contribution in [-0.4, -0.2) is 40.7 Å². The van der Waals surface area contributed by atoms with Crippen LogP contribution < -0.4 is 5.56 Å². The molecule has 2 atom stereocenters. The van der Waals surface area contributed by atoms with Crippen LogP contribution in [0.15, 0.2) is 23.0 Å². The van der Waals surface area contributed by atoms with Gasteiger partial charge in [-0.2, -0.15) is 0 Å². The van der Waals surface area contributed by atoms with Crippen molar-refractivity contribution in [3.8, 4) is 12.3 Å². The van der Waals surface area contributed by atoms with Gasteiger partial charge in [0.15, 0.2) is 5.60 Å². The number of esters is 1. The molecule has 0 amide bonds. The molecule has 3 rings (SSSR count). The molecule has 1 aromatic heterocycles. The van der Waals surface area contributed by atoms with E-state index in [1.807, 2.05) is 16.7 Å². The van der Waals surface area contributed by atoms with E-state index in [1.165, 1.54) is 0 Å². The van der Waals surface area contributed by atoms with E-state index in [0.29, 0.717) is 11.8 Å². The van der Waals surface area contributed by atoms with Gasteiger partial charge in [0, 0.05) is 37.3 Å². The molecule has 0 radical (unpaired) electrons. The molecule has 130 valence electrons. The summed E-state index contributed by atoms with van der Waals surface area (Å²) in [5.41, 5.74) is 0.277. The van der Waals surface area contributed by atoms with E-state index in [2.05, 4.69) is 10.8 Å². The van der Waals surface area contributed by atoms with Crippen molar-refractivity contribution in [2.75, 3.05) is 19.6 Å². The number of rotatable bonds is 3. The second-order valence-electron chi connectivity index (χ2n) is 7.02. The van der Waals surface area contributed by atoms with E-state index >= 15 is 0 Å². The third kappa shape index (κ3) is 3.82. The van der Waals surface area contributed by atoms with Gasteiger partial charge < -0.3 is 9.30 Å². The van der Waals surface area contributed by atoms with Gasteiger partial charge in [0.25, 0.3) is 5.56 Å². The van der Waals surface area contributed by atoms with Crippen molar-refractivity contribution >= 4 is 18.4 Å². The van der Waals surface area contributed by atoms with Crippen molar-refractivity contribution in [1.82, 2.24) is 9.47 Å². The Bertz CT molecular complexity index is 720. The van der Waals surface area contributed by atoms with Crippen molar-refractivity contribution in [3.63, 3.8) is 0 Å². The molecule has 0 aliphatic carbocycles. The lowest BCUT2D eigenvalue weighted by Crippen LogP contribution is -2.49. The van der Waals surface area contributed by atoms with Gasteiger partial charge in [-0.15, -0.1) is 18.8 Å². The lowest BCUT2D eigenvalue weighted by molar-refractivity contribution is -0.153. The van der Waals surface area contributed by atoms with Gasteiger partial charge in [-0.05, 0) is 32.3 Å². The third-order valence-electron chi connectivity index (χ3n) is 4.62. The number of halogens is 1. The van der Waals surface area contributed by atoms with Crippen molar-refractivity contribution in [2.24, 2.45) is 5.92 Å². The smallest absolute Gasteiger partial charge is 0.321 e. The minimum absolute atomic E-state index is 0. The zero-order valence-corrected chi connectivity index (χ0v) is 14.8. The number of aromatic nitrogens is 1. The molecule has 24 heavy (non-hydrogen) atoms. The molecule has 2 aliphatic rings. The van der Waals surface area contributed by atoms with E-state index in [4.69, 9.17) is 11.2 Å². The Morgan fingerprint density at radius 1 is 1.38 bits per heavy atom. The molecule has 5 nitrogen and oxygen atoms in total. The number of likely N-dealkylation sites (tertiary alicyclic amines) is 1. The van der Waals surface area contributed by atoms with E-state index < -0.39 is 5.60 Å². The summed E-state index contributed by atoms with van der Waals surface area (Å²) in [4.78, 5) is 26.2. The van der Waals surface area contributed by atoms with Crippen LogP contribution in [0.3, 0.4) is 0 Å². The van der Waals surface area contributed by atoms with Crippen molar-refractivity contribution in [2.45, 2.75) is 38.3 Å². The highest BCUT2D eigenvalue weighted by Gasteiger charge is 2.35. The van der Waals surface area contributed by atoms with E-state index in [-0.39, 0.29) is 30.5 Å². The quantitative estimate of drug-likeness (QED) is 0.614. The Morgan fingerprint density at radius 3 is 2.83 bits per heavy atom. The molecule has 1 fully saturated rings. The van der Waals surface area contributed by atoms with Gasteiger partial charge in [-0.1, -0.05) is 12.0 Å². The summed E-state index contributed by atoms with van der Waals surface area (Å²) < 4.78 is 7.21. The van der Waals surface area contributed by atoms with Gasteiger partial charge in [-0.25, -0.2) is 0 Å². The summed E-state index contributed by atoms with van der Waals surface area (Å²) in [6.07, 6.45) is 6.43. The topological polar surface area (TPSA) is 51.5 Å². The molecular weight excluding hydrogens is 328 g/mol. The molecule has 0 aromatic carbocycles. The standard InChI is InChI=1S/C18H22N2O3.ClH/c1-4-18(2,3)23-17(22)12-19-9-13-8-14(11-19)15-6-5-7-16(21)20(15)10-13;/h1,5-7,13-14H,8-12H2,2-3H3;1H/t13-,14+;/m0./s1. The first kappa shape index (κ1) is 18.6. The predicted octanol–water partition coefficient (Wildman–Crippen LogP) is 1.64. The third-order valence-corrected chi connectivity index (χ3v) is 4.62. The number of terminal acetylenes is 1. The number of piperidine rings is 1. The van der Waals surface area contributed by atoms with Crippen molar-refractivity contribution in [3.05, 3.63) is 34.2 Å². The maximum absolute atomic E-state index is 12.1. The van der Waals surface area contributed by atoms with E-state index in [9.17, 15) is 9.59 Å². The number of carbonyl (C=O) groups excluding carboxylic acids is 1. The number of hydrogen-bond acceptors (Lipinski definition) is 4. The second-order valence-corrected chi connectivity index (χ2v) is 7.02. The number of fused-ring (bicyclic) bond motifs is 4. The van der Waals surface area contributed by atoms with E-state index in [1.54, 1.807) is 19.9 Å². The van der Waals surface area contributed by atoms with Crippen LogP contribution in [0.1, 0.15) is 31.9 Å². The first-order valence-corrected chi connectivity index (χ1v) is 7.99. The van der Waals surface area contributed by atoms with Crippen molar-refractivity contribution in [1.29, 1.82) is 0 Å². The van der Waals surface area contributed by atoms with Crippen LogP contribution in [0.2, 0.25) is 0 Å². The summed E-state index contributed by atoms with van der Waals surface area (Å²) >= 11 is 0. The number of pyridine rings is 1. The summed E-state index contributed by atoms with van der Waals surface area (Å²) in [5.74, 6) is 2.87. The molecular formula is C18H23ClN2O3. The SMILES string of the molecule is C#CC(C)(C)OC(=O)CN1C[C@@H]2C[C@H](C1)c1cccc(=O)n1C2.Cl. The summed E-state index contributed by atoms with van der Waals surface area (Å²) in [6, 6.07) is 5.45. The Balaban J connectivity index is 0.00000208. The van der Waals surface area contributed by atoms with Gasteiger partial charge >= 0.3 is 5.97 Å². The van der Waals surface area contributed by atoms with Gasteiger partial charge in [0.1, 0.15) is 0 Å². The summed E-state index contributed by atoms with van der Waals surface area (Å²) in [7, 11) is 0. The van der Waals surface area contributed by atoms with Crippen LogP contribution in [0.4, 0.5) is 0 Å². The Hall–Kier alpha value is -1.77. The second kappa shape index (κ2) is 7.00. The van der Waals surface area contributed by atoms with Crippen LogP contribution in [0.25, 0.3) is 0 Å². The highest BCUT2D eigenvalue weighted by Crippen LogP contribution is 2.34. The molecule has 0 N–H and O–H groups in total. The minimum Gasteiger partial charge on any atom is -0.445 e. The van der Waals surface area contributed by atoms with Gasteiger partial charge in [0.05, 0.1) is 6.54 Å². The largest absolute Gasteiger partial charge is 0.445 e. The van der Waals surface area contributed by atoms with Crippen molar-refractivity contribution < 1.29 is 9.53 Å². The highest BCUT2D eigenvalue weighted by molar-refractivity contribution is 5.85. The zero-order valence-electron chi connectivity index (χ0n) is 14.0. The molecule has 2 bridgehead atoms. The van der Waals surface area contributed by atoms with Crippen LogP contribution in [0.5, 0.6) is 0 Å². The fraction of sp³-hybridized carbons (Fsp3) is 0.556. The molecule has 2 aliphatic heterocycles. The average Bonchev–Trinajstić information content (AvgIpc) is 2.47. The predicted molar refractivity (Wildman–Crippen MR) is 94.2 cm³/mol. The molecule has 3 heterocycles. The van der Waals surface area contributed by atoms with E-state index in [0.717, 1.165) is 31.7 Å². The highest BCUT2D eigenvalue weighted by atomic mass is 35.5. The molecule has 0 saturated carbocycles. The molecule has 1 aromatic rings. The lowest BCUT2D eigenvalue weighted by atomic mass is 9.83. The number of carbonyl (C=O) groups is 1.